The van der Waals surface area contributed by atoms with Crippen LogP contribution < -0.4 is 9.47 Å². The molecule has 4 heteroatoms. The lowest BCUT2D eigenvalue weighted by molar-refractivity contribution is -0.155. The van der Waals surface area contributed by atoms with Crippen molar-refractivity contribution >= 4 is 5.97 Å². The molecule has 0 bridgehead atoms. The van der Waals surface area contributed by atoms with Crippen LogP contribution in [-0.2, 0) is 17.8 Å². The number of hydrogen-bond donors (Lipinski definition) is 1. The molecule has 3 rings (SSSR count). The molecule has 0 spiro atoms. The van der Waals surface area contributed by atoms with Crippen LogP contribution in [0.15, 0.2) is 30.3 Å². The van der Waals surface area contributed by atoms with E-state index >= 15 is 0 Å². The lowest BCUT2D eigenvalue weighted by atomic mass is 9.87. The zero-order chi connectivity index (χ0) is 18.2. The smallest absolute Gasteiger partial charge is 0.347 e. The van der Waals surface area contributed by atoms with Crippen molar-refractivity contribution in [1.29, 1.82) is 0 Å². The molecule has 0 radical (unpaired) electrons. The van der Waals surface area contributed by atoms with Gasteiger partial charge in [0.05, 0.1) is 0 Å². The van der Waals surface area contributed by atoms with Crippen molar-refractivity contribution in [2.75, 3.05) is 0 Å². The molecule has 0 amide bonds. The van der Waals surface area contributed by atoms with Crippen molar-refractivity contribution in [2.45, 2.75) is 52.7 Å². The summed E-state index contributed by atoms with van der Waals surface area (Å²) in [7, 11) is 0. The highest BCUT2D eigenvalue weighted by molar-refractivity contribution is 5.78. The Labute approximate surface area is 148 Å². The van der Waals surface area contributed by atoms with Crippen LogP contribution in [-0.4, -0.2) is 16.7 Å². The molecular formula is C21H24O4. The fourth-order valence-corrected chi connectivity index (χ4v) is 3.33. The van der Waals surface area contributed by atoms with E-state index in [9.17, 15) is 9.90 Å². The van der Waals surface area contributed by atoms with Gasteiger partial charge in [0.2, 0.25) is 5.60 Å². The fraction of sp³-hybridized carbons (Fsp3) is 0.381. The molecule has 0 fully saturated rings. The Morgan fingerprint density at radius 3 is 2.48 bits per heavy atom. The predicted molar refractivity (Wildman–Crippen MR) is 96.4 cm³/mol. The zero-order valence-corrected chi connectivity index (χ0v) is 15.2. The number of carbonyl (C=O) groups is 1. The molecule has 4 nitrogen and oxygen atoms in total. The number of benzene rings is 2. The van der Waals surface area contributed by atoms with Crippen LogP contribution in [0, 0.1) is 20.8 Å². The normalized spacial score (nSPS) is 19.0. The van der Waals surface area contributed by atoms with Crippen LogP contribution >= 0.6 is 0 Å². The van der Waals surface area contributed by atoms with Gasteiger partial charge < -0.3 is 14.6 Å². The van der Waals surface area contributed by atoms with Crippen LogP contribution in [0.3, 0.4) is 0 Å². The Hall–Kier alpha value is -2.49. The van der Waals surface area contributed by atoms with E-state index in [1.807, 2.05) is 51.1 Å². The average Bonchev–Trinajstić information content (AvgIpc) is 2.60. The van der Waals surface area contributed by atoms with Gasteiger partial charge in [0.1, 0.15) is 18.1 Å². The maximum atomic E-state index is 11.5. The van der Waals surface area contributed by atoms with E-state index < -0.39 is 11.6 Å². The summed E-state index contributed by atoms with van der Waals surface area (Å²) < 4.78 is 12.1. The van der Waals surface area contributed by atoms with Gasteiger partial charge in [-0.05, 0) is 56.4 Å². The van der Waals surface area contributed by atoms with Crippen LogP contribution in [0.5, 0.6) is 11.5 Å². The summed E-state index contributed by atoms with van der Waals surface area (Å²) in [6.07, 6.45) is 1.13. The zero-order valence-electron chi connectivity index (χ0n) is 15.2. The molecule has 0 aromatic heterocycles. The molecule has 1 unspecified atom stereocenters. The Morgan fingerprint density at radius 2 is 1.84 bits per heavy atom. The minimum Gasteiger partial charge on any atom is -0.488 e. The van der Waals surface area contributed by atoms with Gasteiger partial charge in [0, 0.05) is 12.0 Å². The van der Waals surface area contributed by atoms with Crippen molar-refractivity contribution < 1.29 is 19.4 Å². The topological polar surface area (TPSA) is 55.8 Å². The molecule has 2 aromatic rings. The third-order valence-corrected chi connectivity index (χ3v) is 5.17. The van der Waals surface area contributed by atoms with Gasteiger partial charge in [0.25, 0.3) is 0 Å². The highest BCUT2D eigenvalue weighted by Crippen LogP contribution is 2.44. The first-order chi connectivity index (χ1) is 11.8. The van der Waals surface area contributed by atoms with Gasteiger partial charge in [-0.2, -0.15) is 0 Å². The first-order valence-electron chi connectivity index (χ1n) is 8.55. The number of rotatable bonds is 4. The summed E-state index contributed by atoms with van der Waals surface area (Å²) in [6.45, 7) is 8.14. The molecule has 1 atom stereocenters. The van der Waals surface area contributed by atoms with Gasteiger partial charge in [-0.15, -0.1) is 0 Å². The summed E-state index contributed by atoms with van der Waals surface area (Å²) in [5, 5.41) is 9.47. The molecule has 1 heterocycles. The second-order valence-electron chi connectivity index (χ2n) is 6.92. The number of carboxylic acids is 1. The summed E-state index contributed by atoms with van der Waals surface area (Å²) in [5.74, 6) is 0.665. The molecule has 132 valence electrons. The summed E-state index contributed by atoms with van der Waals surface area (Å²) >= 11 is 0. The molecule has 1 aliphatic rings. The third-order valence-electron chi connectivity index (χ3n) is 5.17. The molecule has 25 heavy (non-hydrogen) atoms. The monoisotopic (exact) mass is 340 g/mol. The van der Waals surface area contributed by atoms with Crippen molar-refractivity contribution in [3.63, 3.8) is 0 Å². The SMILES string of the molecule is Cc1c(C)c2c(c(C)c1OCc1ccccc1)CCC(C)(C(=O)O)O2. The van der Waals surface area contributed by atoms with Crippen LogP contribution in [0.4, 0.5) is 0 Å². The van der Waals surface area contributed by atoms with E-state index in [-0.39, 0.29) is 0 Å². The van der Waals surface area contributed by atoms with E-state index in [1.54, 1.807) is 6.92 Å². The number of aliphatic carboxylic acids is 1. The first-order valence-corrected chi connectivity index (χ1v) is 8.55. The minimum absolute atomic E-state index is 0.455. The van der Waals surface area contributed by atoms with Gasteiger partial charge in [-0.3, -0.25) is 0 Å². The van der Waals surface area contributed by atoms with E-state index in [0.29, 0.717) is 25.2 Å². The van der Waals surface area contributed by atoms with Gasteiger partial charge in [-0.1, -0.05) is 30.3 Å². The second-order valence-corrected chi connectivity index (χ2v) is 6.92. The number of fused-ring (bicyclic) bond motifs is 1. The lowest BCUT2D eigenvalue weighted by Gasteiger charge is -2.35. The van der Waals surface area contributed by atoms with Crippen molar-refractivity contribution in [3.8, 4) is 11.5 Å². The molecule has 0 saturated carbocycles. The highest BCUT2D eigenvalue weighted by Gasteiger charge is 2.40. The molecule has 0 aliphatic carbocycles. The van der Waals surface area contributed by atoms with Gasteiger partial charge >= 0.3 is 5.97 Å². The van der Waals surface area contributed by atoms with E-state index in [0.717, 1.165) is 33.6 Å². The summed E-state index contributed by atoms with van der Waals surface area (Å²) in [6, 6.07) is 10.1. The average molecular weight is 340 g/mol. The second kappa shape index (κ2) is 6.43. The number of ether oxygens (including phenoxy) is 2. The fourth-order valence-electron chi connectivity index (χ4n) is 3.33. The van der Waals surface area contributed by atoms with Gasteiger partial charge in [0.15, 0.2) is 0 Å². The van der Waals surface area contributed by atoms with Crippen LogP contribution in [0.25, 0.3) is 0 Å². The number of carboxylic acid groups (broad SMARTS) is 1. The van der Waals surface area contributed by atoms with Crippen molar-refractivity contribution in [1.82, 2.24) is 0 Å². The van der Waals surface area contributed by atoms with E-state index in [1.165, 1.54) is 0 Å². The van der Waals surface area contributed by atoms with Crippen LogP contribution in [0.2, 0.25) is 0 Å². The maximum absolute atomic E-state index is 11.5. The van der Waals surface area contributed by atoms with Gasteiger partial charge in [-0.25, -0.2) is 4.79 Å². The standard InChI is InChI=1S/C21H24O4/c1-13-14(2)19-17(10-11-21(4,25-19)20(22)23)15(3)18(13)24-12-16-8-6-5-7-9-16/h5-9H,10-12H2,1-4H3,(H,22,23). The first kappa shape index (κ1) is 17.3. The third kappa shape index (κ3) is 3.09. The minimum atomic E-state index is -1.16. The van der Waals surface area contributed by atoms with Crippen LogP contribution in [0.1, 0.15) is 41.2 Å². The van der Waals surface area contributed by atoms with E-state index in [4.69, 9.17) is 9.47 Å². The number of hydrogen-bond acceptors (Lipinski definition) is 3. The lowest BCUT2D eigenvalue weighted by Crippen LogP contribution is -2.44. The summed E-state index contributed by atoms with van der Waals surface area (Å²) in [5.41, 5.74) is 4.01. The van der Waals surface area contributed by atoms with Crippen molar-refractivity contribution in [3.05, 3.63) is 58.1 Å². The molecule has 2 aromatic carbocycles. The molecular weight excluding hydrogens is 316 g/mol. The van der Waals surface area contributed by atoms with Crippen molar-refractivity contribution in [2.24, 2.45) is 0 Å². The Balaban J connectivity index is 1.95. The van der Waals surface area contributed by atoms with E-state index in [2.05, 4.69) is 0 Å². The largest absolute Gasteiger partial charge is 0.488 e. The molecule has 0 saturated heterocycles. The molecule has 1 aliphatic heterocycles. The predicted octanol–water partition coefficient (Wildman–Crippen LogP) is 4.36. The highest BCUT2D eigenvalue weighted by atomic mass is 16.5. The maximum Gasteiger partial charge on any atom is 0.347 e. The Morgan fingerprint density at radius 1 is 1.16 bits per heavy atom. The Bertz CT molecular complexity index is 811. The summed E-state index contributed by atoms with van der Waals surface area (Å²) in [4.78, 5) is 11.5. The molecule has 1 N–H and O–H groups in total. The quantitative estimate of drug-likeness (QED) is 0.898. The Kier molecular flexibility index (Phi) is 4.46.